The van der Waals surface area contributed by atoms with E-state index in [0.717, 1.165) is 11.3 Å². The molecule has 0 aromatic heterocycles. The highest BCUT2D eigenvalue weighted by molar-refractivity contribution is 5.99. The maximum Gasteiger partial charge on any atom is 0.232 e. The highest BCUT2D eigenvalue weighted by Gasteiger charge is 2.36. The minimum atomic E-state index is -0.349. The molecule has 1 atom stereocenters. The van der Waals surface area contributed by atoms with Crippen molar-refractivity contribution < 1.29 is 14.0 Å². The van der Waals surface area contributed by atoms with Gasteiger partial charge in [-0.05, 0) is 49.6 Å². The van der Waals surface area contributed by atoms with Crippen LogP contribution in [0, 0.1) is 18.7 Å². The maximum absolute atomic E-state index is 13.8. The number of anilines is 1. The first-order valence-electron chi connectivity index (χ1n) is 9.38. The lowest BCUT2D eigenvalue weighted by molar-refractivity contribution is -0.128. The molecule has 0 radical (unpaired) electrons. The Morgan fingerprint density at radius 3 is 2.70 bits per heavy atom. The number of hydrogen-bond acceptors (Lipinski definition) is 2. The van der Waals surface area contributed by atoms with Crippen molar-refractivity contribution in [3.8, 4) is 0 Å². The molecular formula is C22H25FN2O2. The van der Waals surface area contributed by atoms with Gasteiger partial charge in [-0.25, -0.2) is 4.39 Å². The topological polar surface area (TPSA) is 40.6 Å². The third-order valence-electron chi connectivity index (χ3n) is 5.07. The number of hydrogen-bond donors (Lipinski definition) is 0. The Hall–Kier alpha value is -2.69. The van der Waals surface area contributed by atoms with E-state index in [9.17, 15) is 14.0 Å². The fraction of sp³-hybridized carbons (Fsp3) is 0.364. The SMILES string of the molecule is CCN(C(=O)C1CC(=O)N(CCc2ccccc2F)C1)c1cccc(C)c1. The summed E-state index contributed by atoms with van der Waals surface area (Å²) in [5, 5.41) is 0. The lowest BCUT2D eigenvalue weighted by Crippen LogP contribution is -2.37. The van der Waals surface area contributed by atoms with Crippen molar-refractivity contribution in [1.29, 1.82) is 0 Å². The summed E-state index contributed by atoms with van der Waals surface area (Å²) in [4.78, 5) is 28.8. The third kappa shape index (κ3) is 4.35. The molecule has 142 valence electrons. The predicted molar refractivity (Wildman–Crippen MR) is 104 cm³/mol. The molecule has 0 N–H and O–H groups in total. The molecule has 5 heteroatoms. The Morgan fingerprint density at radius 2 is 2.00 bits per heavy atom. The van der Waals surface area contributed by atoms with Crippen molar-refractivity contribution in [2.45, 2.75) is 26.7 Å². The smallest absolute Gasteiger partial charge is 0.232 e. The first-order valence-corrected chi connectivity index (χ1v) is 9.38. The normalized spacial score (nSPS) is 16.6. The van der Waals surface area contributed by atoms with Gasteiger partial charge >= 0.3 is 0 Å². The van der Waals surface area contributed by atoms with Crippen molar-refractivity contribution in [2.75, 3.05) is 24.5 Å². The molecule has 4 nitrogen and oxygen atoms in total. The number of likely N-dealkylation sites (tertiary alicyclic amines) is 1. The van der Waals surface area contributed by atoms with Crippen molar-refractivity contribution in [1.82, 2.24) is 4.90 Å². The van der Waals surface area contributed by atoms with E-state index in [-0.39, 0.29) is 30.0 Å². The molecule has 1 saturated heterocycles. The minimum Gasteiger partial charge on any atom is -0.342 e. The number of nitrogens with zero attached hydrogens (tertiary/aromatic N) is 2. The molecule has 27 heavy (non-hydrogen) atoms. The Kier molecular flexibility index (Phi) is 5.89. The average molecular weight is 368 g/mol. The van der Waals surface area contributed by atoms with E-state index < -0.39 is 0 Å². The zero-order valence-electron chi connectivity index (χ0n) is 15.8. The van der Waals surface area contributed by atoms with E-state index in [4.69, 9.17) is 0 Å². The summed E-state index contributed by atoms with van der Waals surface area (Å²) in [7, 11) is 0. The summed E-state index contributed by atoms with van der Waals surface area (Å²) in [5.74, 6) is -0.665. The van der Waals surface area contributed by atoms with E-state index in [1.807, 2.05) is 38.1 Å². The molecule has 2 aromatic rings. The third-order valence-corrected chi connectivity index (χ3v) is 5.07. The second-order valence-electron chi connectivity index (χ2n) is 7.00. The summed E-state index contributed by atoms with van der Waals surface area (Å²) in [6, 6.07) is 14.4. The Labute approximate surface area is 159 Å². The van der Waals surface area contributed by atoms with Gasteiger partial charge in [-0.3, -0.25) is 9.59 Å². The van der Waals surface area contributed by atoms with Gasteiger partial charge in [-0.2, -0.15) is 0 Å². The van der Waals surface area contributed by atoms with E-state index in [0.29, 0.717) is 31.6 Å². The van der Waals surface area contributed by atoms with Crippen LogP contribution in [0.15, 0.2) is 48.5 Å². The maximum atomic E-state index is 13.8. The quantitative estimate of drug-likeness (QED) is 0.782. The van der Waals surface area contributed by atoms with Crippen LogP contribution in [0.3, 0.4) is 0 Å². The molecule has 1 aliphatic rings. The molecule has 2 amide bonds. The fourth-order valence-corrected chi connectivity index (χ4v) is 3.59. The molecule has 0 saturated carbocycles. The van der Waals surface area contributed by atoms with E-state index in [1.54, 1.807) is 28.0 Å². The summed E-state index contributed by atoms with van der Waals surface area (Å²) in [5.41, 5.74) is 2.54. The second kappa shape index (κ2) is 8.33. The van der Waals surface area contributed by atoms with Crippen molar-refractivity contribution in [2.24, 2.45) is 5.92 Å². The summed E-state index contributed by atoms with van der Waals surface area (Å²) >= 11 is 0. The van der Waals surface area contributed by atoms with Gasteiger partial charge in [0.25, 0.3) is 0 Å². The van der Waals surface area contributed by atoms with Gasteiger partial charge < -0.3 is 9.80 Å². The highest BCUT2D eigenvalue weighted by atomic mass is 19.1. The van der Waals surface area contributed by atoms with Gasteiger partial charge in [0.05, 0.1) is 5.92 Å². The van der Waals surface area contributed by atoms with Crippen LogP contribution >= 0.6 is 0 Å². The molecule has 0 spiro atoms. The Balaban J connectivity index is 1.65. The number of carbonyl (C=O) groups excluding carboxylic acids is 2. The fourth-order valence-electron chi connectivity index (χ4n) is 3.59. The van der Waals surface area contributed by atoms with Gasteiger partial charge in [0.1, 0.15) is 5.82 Å². The largest absolute Gasteiger partial charge is 0.342 e. The standard InChI is InChI=1S/C22H25FN2O2/c1-3-25(19-9-6-7-16(2)13-19)22(27)18-14-21(26)24(15-18)12-11-17-8-4-5-10-20(17)23/h4-10,13,18H,3,11-12,14-15H2,1-2H3. The van der Waals surface area contributed by atoms with Crippen LogP contribution in [-0.4, -0.2) is 36.3 Å². The first kappa shape index (κ1) is 19.1. The van der Waals surface area contributed by atoms with E-state index >= 15 is 0 Å². The van der Waals surface area contributed by atoms with Crippen molar-refractivity contribution in [3.63, 3.8) is 0 Å². The molecule has 1 fully saturated rings. The average Bonchev–Trinajstić information content (AvgIpc) is 3.02. The summed E-state index contributed by atoms with van der Waals surface area (Å²) < 4.78 is 13.8. The van der Waals surface area contributed by atoms with Crippen LogP contribution in [0.5, 0.6) is 0 Å². The van der Waals surface area contributed by atoms with Gasteiger partial charge in [-0.15, -0.1) is 0 Å². The molecule has 1 unspecified atom stereocenters. The van der Waals surface area contributed by atoms with Crippen LogP contribution < -0.4 is 4.90 Å². The van der Waals surface area contributed by atoms with Crippen molar-refractivity contribution >= 4 is 17.5 Å². The van der Waals surface area contributed by atoms with E-state index in [1.165, 1.54) is 6.07 Å². The van der Waals surface area contributed by atoms with Gasteiger partial charge in [0, 0.05) is 31.7 Å². The monoisotopic (exact) mass is 368 g/mol. The molecule has 1 heterocycles. The van der Waals surface area contributed by atoms with Crippen molar-refractivity contribution in [3.05, 3.63) is 65.5 Å². The number of benzene rings is 2. The van der Waals surface area contributed by atoms with Gasteiger partial charge in [-0.1, -0.05) is 30.3 Å². The van der Waals surface area contributed by atoms with Crippen LogP contribution in [-0.2, 0) is 16.0 Å². The highest BCUT2D eigenvalue weighted by Crippen LogP contribution is 2.24. The van der Waals surface area contributed by atoms with Crippen LogP contribution in [0.25, 0.3) is 0 Å². The van der Waals surface area contributed by atoms with Gasteiger partial charge in [0.2, 0.25) is 11.8 Å². The number of aryl methyl sites for hydroxylation is 1. The number of carbonyl (C=O) groups is 2. The molecule has 1 aliphatic heterocycles. The lowest BCUT2D eigenvalue weighted by atomic mass is 10.1. The first-order chi connectivity index (χ1) is 13.0. The number of rotatable bonds is 6. The minimum absolute atomic E-state index is 0.0233. The van der Waals surface area contributed by atoms with Gasteiger partial charge in [0.15, 0.2) is 0 Å². The molecule has 3 rings (SSSR count). The second-order valence-corrected chi connectivity index (χ2v) is 7.00. The molecule has 2 aromatic carbocycles. The van der Waals surface area contributed by atoms with Crippen LogP contribution in [0.2, 0.25) is 0 Å². The Morgan fingerprint density at radius 1 is 1.22 bits per heavy atom. The molecular weight excluding hydrogens is 343 g/mol. The summed E-state index contributed by atoms with van der Waals surface area (Å²) in [6.45, 7) is 5.31. The molecule has 0 bridgehead atoms. The number of amides is 2. The van der Waals surface area contributed by atoms with E-state index in [2.05, 4.69) is 0 Å². The number of halogens is 1. The lowest BCUT2D eigenvalue weighted by Gasteiger charge is -2.24. The predicted octanol–water partition coefficient (Wildman–Crippen LogP) is 3.58. The molecule has 0 aliphatic carbocycles. The van der Waals surface area contributed by atoms with Crippen LogP contribution in [0.4, 0.5) is 10.1 Å². The van der Waals surface area contributed by atoms with Crippen LogP contribution in [0.1, 0.15) is 24.5 Å². The zero-order valence-corrected chi connectivity index (χ0v) is 15.8. The Bertz CT molecular complexity index is 837. The zero-order chi connectivity index (χ0) is 19.4. The summed E-state index contributed by atoms with van der Waals surface area (Å²) in [6.07, 6.45) is 0.674.